The molecule has 16 nitrogen and oxygen atoms in total. The van der Waals surface area contributed by atoms with E-state index in [4.69, 9.17) is 40.9 Å². The Hall–Kier alpha value is -1.09. The van der Waals surface area contributed by atoms with Crippen LogP contribution in [0.15, 0.2) is 0 Å². The van der Waals surface area contributed by atoms with Crippen LogP contribution < -0.4 is 27.8 Å². The van der Waals surface area contributed by atoms with Gasteiger partial charge in [-0.15, -0.1) is 0 Å². The number of fused-ring (bicyclic) bond motifs is 1. The first kappa shape index (κ1) is 32.8. The van der Waals surface area contributed by atoms with Crippen LogP contribution in [-0.4, -0.2) is 143 Å². The third-order valence-corrected chi connectivity index (χ3v) is 8.32. The number of aliphatic hydroxyl groups is 5. The molecule has 0 spiro atoms. The first-order valence-corrected chi connectivity index (χ1v) is 14.3. The second kappa shape index (κ2) is 14.1. The number of hydrogen-bond acceptors (Lipinski definition) is 15. The summed E-state index contributed by atoms with van der Waals surface area (Å²) in [5.41, 5.74) is 18.4. The molecule has 238 valence electrons. The van der Waals surface area contributed by atoms with Crippen molar-refractivity contribution in [2.75, 3.05) is 13.7 Å². The van der Waals surface area contributed by atoms with E-state index in [9.17, 15) is 30.3 Å². The van der Waals surface area contributed by atoms with Crippen LogP contribution >= 0.6 is 0 Å². The van der Waals surface area contributed by atoms with Gasteiger partial charge in [0.2, 0.25) is 5.91 Å². The van der Waals surface area contributed by atoms with Crippen molar-refractivity contribution in [2.45, 2.75) is 137 Å². The Labute approximate surface area is 238 Å². The van der Waals surface area contributed by atoms with Gasteiger partial charge in [0.15, 0.2) is 18.9 Å². The van der Waals surface area contributed by atoms with Crippen LogP contribution in [0.4, 0.5) is 0 Å². The maximum atomic E-state index is 12.1. The number of nitrogens with two attached hydrogens (primary N) is 3. The van der Waals surface area contributed by atoms with E-state index >= 15 is 0 Å². The smallest absolute Gasteiger partial charge is 0.220 e. The van der Waals surface area contributed by atoms with E-state index in [1.165, 1.54) is 0 Å². The minimum Gasteiger partial charge on any atom is -0.394 e. The molecule has 7 unspecified atom stereocenters. The minimum absolute atomic E-state index is 0.196. The van der Waals surface area contributed by atoms with Crippen LogP contribution in [0.5, 0.6) is 0 Å². The Bertz CT molecular complexity index is 847. The highest BCUT2D eigenvalue weighted by atomic mass is 16.8. The molecule has 3 saturated heterocycles. The zero-order valence-corrected chi connectivity index (χ0v) is 23.4. The number of amides is 1. The molecule has 1 saturated carbocycles. The quantitative estimate of drug-likeness (QED) is 0.120. The Morgan fingerprint density at radius 3 is 2.24 bits per heavy atom. The van der Waals surface area contributed by atoms with Crippen molar-refractivity contribution in [1.82, 2.24) is 10.6 Å². The normalized spacial score (nSPS) is 48.8. The van der Waals surface area contributed by atoms with Gasteiger partial charge in [0.25, 0.3) is 0 Å². The lowest BCUT2D eigenvalue weighted by molar-refractivity contribution is -0.373. The zero-order valence-electron chi connectivity index (χ0n) is 23.4. The fraction of sp³-hybridized carbons (Fsp3) is 0.960. The summed E-state index contributed by atoms with van der Waals surface area (Å²) < 4.78 is 29.8. The molecule has 16 atom stereocenters. The molecule has 0 aromatic carbocycles. The molecule has 0 bridgehead atoms. The largest absolute Gasteiger partial charge is 0.394 e. The summed E-state index contributed by atoms with van der Waals surface area (Å²) in [6.07, 6.45) is -10.5. The summed E-state index contributed by atoms with van der Waals surface area (Å²) in [5, 5.41) is 58.6. The van der Waals surface area contributed by atoms with Crippen molar-refractivity contribution in [2.24, 2.45) is 17.2 Å². The van der Waals surface area contributed by atoms with Crippen molar-refractivity contribution in [3.63, 3.8) is 0 Å². The molecule has 3 aliphatic heterocycles. The molecular formula is C25H47N5O11. The van der Waals surface area contributed by atoms with Gasteiger partial charge in [0.05, 0.1) is 36.9 Å². The predicted octanol–water partition coefficient (Wildman–Crippen LogP) is -4.96. The summed E-state index contributed by atoms with van der Waals surface area (Å²) in [4.78, 5) is 12.1. The fourth-order valence-corrected chi connectivity index (χ4v) is 6.12. The number of likely N-dealkylation sites (N-methyl/N-ethyl adjacent to an activating group) is 1. The third kappa shape index (κ3) is 7.18. The maximum Gasteiger partial charge on any atom is 0.220 e. The molecule has 1 aliphatic carbocycles. The van der Waals surface area contributed by atoms with Gasteiger partial charge < -0.3 is 77.1 Å². The van der Waals surface area contributed by atoms with Gasteiger partial charge in [-0.25, -0.2) is 0 Å². The third-order valence-electron chi connectivity index (χ3n) is 8.32. The second-order valence-electron chi connectivity index (χ2n) is 11.5. The van der Waals surface area contributed by atoms with Crippen LogP contribution in [0, 0.1) is 0 Å². The number of aliphatic hydroxyl groups excluding tert-OH is 5. The van der Waals surface area contributed by atoms with E-state index in [-0.39, 0.29) is 24.8 Å². The average Bonchev–Trinajstić information content (AvgIpc) is 2.91. The highest BCUT2D eigenvalue weighted by Crippen LogP contribution is 2.35. The second-order valence-corrected chi connectivity index (χ2v) is 11.5. The van der Waals surface area contributed by atoms with Crippen LogP contribution in [-0.2, 0) is 28.5 Å². The molecule has 0 aromatic rings. The van der Waals surface area contributed by atoms with E-state index in [1.807, 2.05) is 6.92 Å². The van der Waals surface area contributed by atoms with Crippen molar-refractivity contribution >= 4 is 5.91 Å². The SMILES string of the molecule is CCCC(=O)N[C@@H]1C(CO)O[C@H](OC2O[C@H]3C[C@H](N)[C@@H](O[C@@H]4C(N)C[C@@H](N)C[C@H]4O)OC3C(O)C2NC)C(O)[C@H]1O. The average molecular weight is 594 g/mol. The van der Waals surface area contributed by atoms with Gasteiger partial charge in [-0.05, 0) is 32.7 Å². The number of rotatable bonds is 9. The highest BCUT2D eigenvalue weighted by molar-refractivity contribution is 5.76. The Morgan fingerprint density at radius 1 is 0.878 bits per heavy atom. The summed E-state index contributed by atoms with van der Waals surface area (Å²) in [7, 11) is 1.57. The van der Waals surface area contributed by atoms with Gasteiger partial charge in [-0.3, -0.25) is 4.79 Å². The minimum atomic E-state index is -1.61. The van der Waals surface area contributed by atoms with E-state index in [0.717, 1.165) is 0 Å². The monoisotopic (exact) mass is 593 g/mol. The van der Waals surface area contributed by atoms with Gasteiger partial charge in [0, 0.05) is 18.5 Å². The van der Waals surface area contributed by atoms with Crippen molar-refractivity contribution < 1.29 is 54.0 Å². The van der Waals surface area contributed by atoms with Gasteiger partial charge in [-0.1, -0.05) is 6.92 Å². The van der Waals surface area contributed by atoms with E-state index in [2.05, 4.69) is 10.6 Å². The van der Waals surface area contributed by atoms with Crippen molar-refractivity contribution in [1.29, 1.82) is 0 Å². The van der Waals surface area contributed by atoms with Gasteiger partial charge in [0.1, 0.15) is 36.6 Å². The summed E-state index contributed by atoms with van der Waals surface area (Å²) in [6, 6.07) is -3.40. The molecule has 4 rings (SSSR count). The molecule has 3 heterocycles. The predicted molar refractivity (Wildman–Crippen MR) is 141 cm³/mol. The lowest BCUT2D eigenvalue weighted by atomic mass is 9.86. The molecule has 41 heavy (non-hydrogen) atoms. The molecule has 16 heteroatoms. The topological polar surface area (TPSA) is 266 Å². The lowest BCUT2D eigenvalue weighted by Crippen LogP contribution is -2.70. The number of nitrogens with one attached hydrogen (secondary N) is 2. The number of carbonyl (C=O) groups is 1. The lowest BCUT2D eigenvalue weighted by Gasteiger charge is -2.51. The number of carbonyl (C=O) groups excluding carboxylic acids is 1. The van der Waals surface area contributed by atoms with Crippen LogP contribution in [0.25, 0.3) is 0 Å². The molecule has 0 radical (unpaired) electrons. The summed E-state index contributed by atoms with van der Waals surface area (Å²) >= 11 is 0. The van der Waals surface area contributed by atoms with E-state index < -0.39 is 98.5 Å². The fourth-order valence-electron chi connectivity index (χ4n) is 6.12. The standard InChI is InChI=1S/C25H47N5O11/c1-3-4-15(33)30-16-14(8-31)38-25(20(36)18(16)34)41-24-17(29-2)19(35)22-13(37-24)7-11(28)23(40-22)39-21-10(27)5-9(26)6-12(21)32/h9-14,16-25,29,31-32,34-36H,3-8,26-28H2,1-2H3,(H,30,33)/t9-,10?,11+,12-,13+,14?,16-,17?,18+,19?,20?,21-,22?,23+,24?,25-/m1/s1. The molecule has 0 aromatic heterocycles. The van der Waals surface area contributed by atoms with E-state index in [1.54, 1.807) is 7.05 Å². The Kier molecular flexibility index (Phi) is 11.3. The molecular weight excluding hydrogens is 546 g/mol. The molecule has 13 N–H and O–H groups in total. The number of hydrogen-bond donors (Lipinski definition) is 10. The summed E-state index contributed by atoms with van der Waals surface area (Å²) in [5.74, 6) is -0.357. The van der Waals surface area contributed by atoms with Gasteiger partial charge in [-0.2, -0.15) is 0 Å². The van der Waals surface area contributed by atoms with Crippen molar-refractivity contribution in [3.8, 4) is 0 Å². The first-order chi connectivity index (χ1) is 19.5. The van der Waals surface area contributed by atoms with Crippen LogP contribution in [0.1, 0.15) is 39.0 Å². The highest BCUT2D eigenvalue weighted by Gasteiger charge is 2.54. The zero-order chi connectivity index (χ0) is 30.0. The van der Waals surface area contributed by atoms with Gasteiger partial charge >= 0.3 is 0 Å². The summed E-state index contributed by atoms with van der Waals surface area (Å²) in [6.45, 7) is 1.26. The molecule has 4 fully saturated rings. The first-order valence-electron chi connectivity index (χ1n) is 14.3. The number of ether oxygens (including phenoxy) is 5. The van der Waals surface area contributed by atoms with Crippen LogP contribution in [0.3, 0.4) is 0 Å². The Balaban J connectivity index is 1.41. The van der Waals surface area contributed by atoms with E-state index in [0.29, 0.717) is 19.3 Å². The maximum absolute atomic E-state index is 12.1. The Morgan fingerprint density at radius 2 is 1.61 bits per heavy atom. The van der Waals surface area contributed by atoms with Crippen molar-refractivity contribution in [3.05, 3.63) is 0 Å². The molecule has 4 aliphatic rings. The van der Waals surface area contributed by atoms with Crippen LogP contribution in [0.2, 0.25) is 0 Å². The molecule has 1 amide bonds.